The van der Waals surface area contributed by atoms with Crippen LogP contribution in [-0.2, 0) is 12.8 Å². The summed E-state index contributed by atoms with van der Waals surface area (Å²) in [5.41, 5.74) is 2.95. The van der Waals surface area contributed by atoms with Crippen molar-refractivity contribution in [2.24, 2.45) is 0 Å². The van der Waals surface area contributed by atoms with Crippen molar-refractivity contribution in [2.75, 3.05) is 7.11 Å². The van der Waals surface area contributed by atoms with Gasteiger partial charge in [0.15, 0.2) is 5.78 Å². The Hall–Kier alpha value is -1.02. The van der Waals surface area contributed by atoms with Crippen molar-refractivity contribution in [2.45, 2.75) is 26.2 Å². The molecule has 15 heavy (non-hydrogen) atoms. The van der Waals surface area contributed by atoms with Crippen molar-refractivity contribution in [1.29, 1.82) is 0 Å². The van der Waals surface area contributed by atoms with E-state index in [1.165, 1.54) is 12.5 Å². The number of hydrogen-bond acceptors (Lipinski definition) is 2. The van der Waals surface area contributed by atoms with E-state index in [1.54, 1.807) is 7.11 Å². The van der Waals surface area contributed by atoms with Crippen LogP contribution in [-0.4, -0.2) is 12.9 Å². The molecule has 0 saturated carbocycles. The van der Waals surface area contributed by atoms with Crippen LogP contribution in [0.4, 0.5) is 0 Å². The molecule has 0 spiro atoms. The van der Waals surface area contributed by atoms with E-state index in [4.69, 9.17) is 16.3 Å². The van der Waals surface area contributed by atoms with Crippen LogP contribution in [0.3, 0.4) is 0 Å². The molecule has 0 bridgehead atoms. The van der Waals surface area contributed by atoms with Crippen LogP contribution in [0.1, 0.15) is 34.8 Å². The average Bonchev–Trinajstić information content (AvgIpc) is 2.65. The van der Waals surface area contributed by atoms with Crippen LogP contribution in [0.25, 0.3) is 0 Å². The molecule has 1 aliphatic carbocycles. The Morgan fingerprint density at radius 2 is 2.20 bits per heavy atom. The van der Waals surface area contributed by atoms with E-state index in [2.05, 4.69) is 0 Å². The minimum atomic E-state index is 0.00319. The highest BCUT2D eigenvalue weighted by atomic mass is 35.5. The Morgan fingerprint density at radius 1 is 1.47 bits per heavy atom. The van der Waals surface area contributed by atoms with Gasteiger partial charge in [-0.25, -0.2) is 0 Å². The molecule has 2 rings (SSSR count). The third kappa shape index (κ3) is 1.63. The number of aryl methyl sites for hydroxylation is 1. The fourth-order valence-corrected chi connectivity index (χ4v) is 2.53. The van der Waals surface area contributed by atoms with E-state index in [1.807, 2.05) is 6.07 Å². The number of ketones is 1. The number of fused-ring (bicyclic) bond motifs is 1. The van der Waals surface area contributed by atoms with E-state index in [0.29, 0.717) is 16.3 Å². The molecule has 0 unspecified atom stereocenters. The number of hydrogen-bond donors (Lipinski definition) is 0. The van der Waals surface area contributed by atoms with Gasteiger partial charge in [0, 0.05) is 0 Å². The van der Waals surface area contributed by atoms with Crippen molar-refractivity contribution >= 4 is 17.4 Å². The maximum Gasteiger partial charge on any atom is 0.163 e. The lowest BCUT2D eigenvalue weighted by atomic mass is 10.0. The molecule has 0 aliphatic heterocycles. The Bertz CT molecular complexity index is 424. The van der Waals surface area contributed by atoms with Gasteiger partial charge in [-0.1, -0.05) is 11.6 Å². The van der Waals surface area contributed by atoms with Gasteiger partial charge < -0.3 is 4.74 Å². The summed E-state index contributed by atoms with van der Waals surface area (Å²) in [6.07, 6.45) is 3.11. The summed E-state index contributed by atoms with van der Waals surface area (Å²) in [5.74, 6) is 0.535. The second-order valence-corrected chi connectivity index (χ2v) is 4.20. The van der Waals surface area contributed by atoms with Crippen LogP contribution in [0, 0.1) is 0 Å². The van der Waals surface area contributed by atoms with Crippen molar-refractivity contribution in [3.63, 3.8) is 0 Å². The van der Waals surface area contributed by atoms with Crippen molar-refractivity contribution in [3.05, 3.63) is 27.8 Å². The monoisotopic (exact) mass is 224 g/mol. The van der Waals surface area contributed by atoms with Gasteiger partial charge in [-0.05, 0) is 43.4 Å². The van der Waals surface area contributed by atoms with E-state index in [-0.39, 0.29) is 5.78 Å². The molecular weight excluding hydrogens is 212 g/mol. The second kappa shape index (κ2) is 3.86. The zero-order chi connectivity index (χ0) is 11.0. The molecule has 2 nitrogen and oxygen atoms in total. The van der Waals surface area contributed by atoms with Gasteiger partial charge in [0.1, 0.15) is 5.75 Å². The van der Waals surface area contributed by atoms with Crippen molar-refractivity contribution in [3.8, 4) is 5.75 Å². The van der Waals surface area contributed by atoms with Crippen LogP contribution >= 0.6 is 11.6 Å². The van der Waals surface area contributed by atoms with Gasteiger partial charge in [0.05, 0.1) is 17.7 Å². The first-order valence-electron chi connectivity index (χ1n) is 5.04. The zero-order valence-electron chi connectivity index (χ0n) is 8.89. The Labute approximate surface area is 94.2 Å². The van der Waals surface area contributed by atoms with E-state index in [9.17, 15) is 4.79 Å². The number of methoxy groups -OCH3 is 1. The molecule has 1 aromatic rings. The number of carbonyl (C=O) groups is 1. The molecular formula is C12H13ClO2. The number of halogens is 1. The van der Waals surface area contributed by atoms with E-state index >= 15 is 0 Å². The predicted octanol–water partition coefficient (Wildman–Crippen LogP) is 3.04. The summed E-state index contributed by atoms with van der Waals surface area (Å²) in [5, 5.41) is 0.623. The molecule has 1 aliphatic rings. The second-order valence-electron chi connectivity index (χ2n) is 3.82. The lowest BCUT2D eigenvalue weighted by molar-refractivity contribution is 0.101. The minimum Gasteiger partial charge on any atom is -0.494 e. The highest BCUT2D eigenvalue weighted by molar-refractivity contribution is 6.33. The maximum atomic E-state index is 11.4. The molecule has 0 amide bonds. The largest absolute Gasteiger partial charge is 0.494 e. The molecule has 0 atom stereocenters. The number of carbonyl (C=O) groups excluding carboxylic acids is 1. The molecule has 0 N–H and O–H groups in total. The lowest BCUT2D eigenvalue weighted by Gasteiger charge is -2.12. The molecule has 0 radical (unpaired) electrons. The van der Waals surface area contributed by atoms with Crippen LogP contribution in [0.5, 0.6) is 5.75 Å². The number of ether oxygens (including phenoxy) is 1. The smallest absolute Gasteiger partial charge is 0.163 e. The Balaban J connectivity index is 2.66. The quantitative estimate of drug-likeness (QED) is 0.722. The summed E-state index contributed by atoms with van der Waals surface area (Å²) in [6.45, 7) is 1.54. The molecule has 0 heterocycles. The topological polar surface area (TPSA) is 26.3 Å². The molecule has 1 aromatic carbocycles. The van der Waals surface area contributed by atoms with E-state index in [0.717, 1.165) is 24.8 Å². The summed E-state index contributed by atoms with van der Waals surface area (Å²) in [6, 6.07) is 1.93. The number of Topliss-reactive ketones (excluding diaryl/α,β-unsaturated/α-hetero) is 1. The zero-order valence-corrected chi connectivity index (χ0v) is 9.65. The summed E-state index contributed by atoms with van der Waals surface area (Å²) in [7, 11) is 1.55. The summed E-state index contributed by atoms with van der Waals surface area (Å²) in [4.78, 5) is 11.4. The molecule has 3 heteroatoms. The Morgan fingerprint density at radius 3 is 2.80 bits per heavy atom. The number of rotatable bonds is 2. The summed E-state index contributed by atoms with van der Waals surface area (Å²) < 4.78 is 5.21. The minimum absolute atomic E-state index is 0.00319. The standard InChI is InChI=1S/C12H13ClO2/c1-7(14)10-6-8-4-3-5-9(8)11(13)12(10)15-2/h6H,3-5H2,1-2H3. The molecule has 80 valence electrons. The highest BCUT2D eigenvalue weighted by Crippen LogP contribution is 2.38. The van der Waals surface area contributed by atoms with E-state index < -0.39 is 0 Å². The van der Waals surface area contributed by atoms with Crippen LogP contribution in [0.15, 0.2) is 6.07 Å². The first kappa shape index (κ1) is 10.5. The van der Waals surface area contributed by atoms with Gasteiger partial charge in [0.25, 0.3) is 0 Å². The van der Waals surface area contributed by atoms with Crippen LogP contribution in [0.2, 0.25) is 5.02 Å². The van der Waals surface area contributed by atoms with Crippen molar-refractivity contribution in [1.82, 2.24) is 0 Å². The van der Waals surface area contributed by atoms with Gasteiger partial charge in [-0.2, -0.15) is 0 Å². The fraction of sp³-hybridized carbons (Fsp3) is 0.417. The van der Waals surface area contributed by atoms with Crippen LogP contribution < -0.4 is 4.74 Å². The fourth-order valence-electron chi connectivity index (χ4n) is 2.13. The average molecular weight is 225 g/mol. The first-order valence-corrected chi connectivity index (χ1v) is 5.42. The SMILES string of the molecule is COc1c(C(C)=O)cc2c(c1Cl)CCC2. The molecule has 0 saturated heterocycles. The molecule has 0 aromatic heterocycles. The van der Waals surface area contributed by atoms with Crippen molar-refractivity contribution < 1.29 is 9.53 Å². The summed E-state index contributed by atoms with van der Waals surface area (Å²) >= 11 is 6.23. The van der Waals surface area contributed by atoms with Gasteiger partial charge in [-0.15, -0.1) is 0 Å². The molecule has 0 fully saturated rings. The highest BCUT2D eigenvalue weighted by Gasteiger charge is 2.22. The third-order valence-electron chi connectivity index (χ3n) is 2.87. The first-order chi connectivity index (χ1) is 7.15. The van der Waals surface area contributed by atoms with Gasteiger partial charge in [-0.3, -0.25) is 4.79 Å². The number of benzene rings is 1. The Kier molecular flexibility index (Phi) is 2.70. The lowest BCUT2D eigenvalue weighted by Crippen LogP contribution is -2.01. The van der Waals surface area contributed by atoms with Gasteiger partial charge >= 0.3 is 0 Å². The van der Waals surface area contributed by atoms with Gasteiger partial charge in [0.2, 0.25) is 0 Å². The maximum absolute atomic E-state index is 11.4. The normalized spacial score (nSPS) is 13.8. The third-order valence-corrected chi connectivity index (χ3v) is 3.27. The predicted molar refractivity (Wildman–Crippen MR) is 60.0 cm³/mol.